The molecule has 1 aliphatic rings. The zero-order valence-corrected chi connectivity index (χ0v) is 16.5. The fourth-order valence-electron chi connectivity index (χ4n) is 3.94. The van der Waals surface area contributed by atoms with E-state index in [4.69, 9.17) is 0 Å². The van der Waals surface area contributed by atoms with Crippen LogP contribution in [0.1, 0.15) is 37.3 Å². The highest BCUT2D eigenvalue weighted by molar-refractivity contribution is 5.75. The third-order valence-corrected chi connectivity index (χ3v) is 5.63. The molecule has 0 N–H and O–H groups in total. The number of piperidine rings is 1. The highest BCUT2D eigenvalue weighted by atomic mass is 16.2. The molecule has 3 nitrogen and oxygen atoms in total. The summed E-state index contributed by atoms with van der Waals surface area (Å²) in [7, 11) is 0. The monoisotopic (exact) mass is 364 g/mol. The van der Waals surface area contributed by atoms with Crippen LogP contribution in [0.15, 0.2) is 60.7 Å². The predicted molar refractivity (Wildman–Crippen MR) is 111 cm³/mol. The van der Waals surface area contributed by atoms with Crippen molar-refractivity contribution in [3.63, 3.8) is 0 Å². The van der Waals surface area contributed by atoms with Crippen molar-refractivity contribution in [3.8, 4) is 0 Å². The lowest BCUT2D eigenvalue weighted by molar-refractivity contribution is -0.131. The minimum atomic E-state index is 0.248. The van der Waals surface area contributed by atoms with E-state index in [9.17, 15) is 4.79 Å². The Morgan fingerprint density at radius 1 is 0.963 bits per heavy atom. The highest BCUT2D eigenvalue weighted by Gasteiger charge is 2.20. The average Bonchev–Trinajstić information content (AvgIpc) is 2.73. The number of benzene rings is 2. The Morgan fingerprint density at radius 3 is 2.15 bits per heavy atom. The zero-order chi connectivity index (χ0) is 18.9. The molecule has 0 spiro atoms. The Hall–Kier alpha value is -2.13. The van der Waals surface area contributed by atoms with E-state index in [1.807, 2.05) is 30.0 Å². The van der Waals surface area contributed by atoms with Gasteiger partial charge in [-0.3, -0.25) is 4.79 Å². The second kappa shape index (κ2) is 10.3. The first-order valence-corrected chi connectivity index (χ1v) is 10.3. The molecule has 1 fully saturated rings. The highest BCUT2D eigenvalue weighted by Crippen LogP contribution is 2.21. The summed E-state index contributed by atoms with van der Waals surface area (Å²) in [6.07, 6.45) is 4.29. The van der Waals surface area contributed by atoms with Gasteiger partial charge < -0.3 is 9.80 Å². The minimum absolute atomic E-state index is 0.248. The maximum absolute atomic E-state index is 12.4. The van der Waals surface area contributed by atoms with Gasteiger partial charge in [-0.15, -0.1) is 0 Å². The zero-order valence-electron chi connectivity index (χ0n) is 16.5. The largest absolute Gasteiger partial charge is 0.337 e. The number of rotatable bonds is 8. The van der Waals surface area contributed by atoms with Crippen molar-refractivity contribution >= 4 is 5.91 Å². The van der Waals surface area contributed by atoms with Crippen LogP contribution in [0.5, 0.6) is 0 Å². The van der Waals surface area contributed by atoms with Crippen LogP contribution in [0, 0.1) is 5.92 Å². The van der Waals surface area contributed by atoms with Gasteiger partial charge in [0.05, 0.1) is 0 Å². The summed E-state index contributed by atoms with van der Waals surface area (Å²) in [5, 5.41) is 0. The Balaban J connectivity index is 1.45. The van der Waals surface area contributed by atoms with E-state index in [0.29, 0.717) is 6.42 Å². The van der Waals surface area contributed by atoms with Crippen LogP contribution >= 0.6 is 0 Å². The van der Waals surface area contributed by atoms with Crippen molar-refractivity contribution in [2.24, 2.45) is 5.92 Å². The Bertz CT molecular complexity index is 678. The number of hydrogen-bond donors (Lipinski definition) is 0. The third kappa shape index (κ3) is 6.21. The Kier molecular flexibility index (Phi) is 7.46. The molecule has 0 radical (unpaired) electrons. The first-order valence-electron chi connectivity index (χ1n) is 10.3. The summed E-state index contributed by atoms with van der Waals surface area (Å²) >= 11 is 0. The molecule has 0 bridgehead atoms. The van der Waals surface area contributed by atoms with Crippen molar-refractivity contribution < 1.29 is 4.79 Å². The normalized spacial score (nSPS) is 15.6. The van der Waals surface area contributed by atoms with Gasteiger partial charge >= 0.3 is 0 Å². The van der Waals surface area contributed by atoms with Crippen molar-refractivity contribution in [2.75, 3.05) is 26.2 Å². The maximum atomic E-state index is 12.4. The van der Waals surface area contributed by atoms with Gasteiger partial charge in [-0.25, -0.2) is 0 Å². The molecule has 1 saturated heterocycles. The number of nitrogens with zero attached hydrogens (tertiary/aromatic N) is 2. The lowest BCUT2D eigenvalue weighted by atomic mass is 9.90. The van der Waals surface area contributed by atoms with Crippen LogP contribution in [0.3, 0.4) is 0 Å². The number of carbonyl (C=O) groups excluding carboxylic acids is 1. The van der Waals surface area contributed by atoms with Gasteiger partial charge in [0.25, 0.3) is 0 Å². The van der Waals surface area contributed by atoms with Gasteiger partial charge in [-0.05, 0) is 49.4 Å². The van der Waals surface area contributed by atoms with Gasteiger partial charge in [0.15, 0.2) is 0 Å². The fraction of sp³-hybridized carbons (Fsp3) is 0.458. The molecule has 2 aromatic rings. The molecule has 3 heteroatoms. The summed E-state index contributed by atoms with van der Waals surface area (Å²) < 4.78 is 0. The molecule has 0 saturated carbocycles. The molecule has 1 aliphatic heterocycles. The molecular weight excluding hydrogens is 332 g/mol. The molecular formula is C24H32N2O. The van der Waals surface area contributed by atoms with Crippen LogP contribution in [0.2, 0.25) is 0 Å². The van der Waals surface area contributed by atoms with Gasteiger partial charge in [-0.2, -0.15) is 0 Å². The third-order valence-electron chi connectivity index (χ3n) is 5.63. The van der Waals surface area contributed by atoms with Crippen LogP contribution in [-0.4, -0.2) is 41.9 Å². The van der Waals surface area contributed by atoms with Crippen molar-refractivity contribution in [3.05, 3.63) is 71.8 Å². The summed E-state index contributed by atoms with van der Waals surface area (Å²) in [6.45, 7) is 6.78. The first kappa shape index (κ1) is 19.6. The van der Waals surface area contributed by atoms with E-state index in [1.54, 1.807) is 0 Å². The lowest BCUT2D eigenvalue weighted by Gasteiger charge is -2.33. The smallest absolute Gasteiger partial charge is 0.222 e. The van der Waals surface area contributed by atoms with Crippen LogP contribution in [0.4, 0.5) is 0 Å². The Labute approximate surface area is 164 Å². The van der Waals surface area contributed by atoms with E-state index >= 15 is 0 Å². The number of amides is 1. The van der Waals surface area contributed by atoms with Crippen molar-refractivity contribution in [1.82, 2.24) is 9.80 Å². The molecule has 0 aliphatic carbocycles. The number of likely N-dealkylation sites (tertiary alicyclic amines) is 1. The van der Waals surface area contributed by atoms with E-state index in [1.165, 1.54) is 30.4 Å². The SMILES string of the molecule is CCC(=O)N(CCN1CCC(Cc2ccccc2)CC1)Cc1ccccc1. The Morgan fingerprint density at radius 2 is 1.56 bits per heavy atom. The molecule has 3 rings (SSSR count). The van der Waals surface area contributed by atoms with E-state index in [-0.39, 0.29) is 5.91 Å². The first-order chi connectivity index (χ1) is 13.2. The summed E-state index contributed by atoms with van der Waals surface area (Å²) in [5.41, 5.74) is 2.67. The van der Waals surface area contributed by atoms with Crippen LogP contribution in [-0.2, 0) is 17.8 Å². The van der Waals surface area contributed by atoms with Gasteiger partial charge in [-0.1, -0.05) is 67.6 Å². The molecule has 1 heterocycles. The molecule has 27 heavy (non-hydrogen) atoms. The van der Waals surface area contributed by atoms with Gasteiger partial charge in [0.2, 0.25) is 5.91 Å². The standard InChI is InChI=1S/C24H32N2O/c1-2-24(27)26(20-23-11-7-4-8-12-23)18-17-25-15-13-22(14-16-25)19-21-9-5-3-6-10-21/h3-12,22H,2,13-20H2,1H3. The van der Waals surface area contributed by atoms with E-state index in [0.717, 1.165) is 38.6 Å². The van der Waals surface area contributed by atoms with Crippen LogP contribution < -0.4 is 0 Å². The quantitative estimate of drug-likeness (QED) is 0.694. The molecule has 1 amide bonds. The van der Waals surface area contributed by atoms with E-state index < -0.39 is 0 Å². The minimum Gasteiger partial charge on any atom is -0.337 e. The van der Waals surface area contributed by atoms with E-state index in [2.05, 4.69) is 47.4 Å². The summed E-state index contributed by atoms with van der Waals surface area (Å²) in [4.78, 5) is 16.9. The molecule has 0 atom stereocenters. The van der Waals surface area contributed by atoms with Crippen molar-refractivity contribution in [1.29, 1.82) is 0 Å². The second-order valence-electron chi connectivity index (χ2n) is 7.63. The molecule has 0 unspecified atom stereocenters. The average molecular weight is 365 g/mol. The second-order valence-corrected chi connectivity index (χ2v) is 7.63. The topological polar surface area (TPSA) is 23.6 Å². The lowest BCUT2D eigenvalue weighted by Crippen LogP contribution is -2.41. The fourth-order valence-corrected chi connectivity index (χ4v) is 3.94. The number of hydrogen-bond acceptors (Lipinski definition) is 2. The molecule has 0 aromatic heterocycles. The predicted octanol–water partition coefficient (Wildman–Crippen LogP) is 4.38. The molecule has 2 aromatic carbocycles. The van der Waals surface area contributed by atoms with Crippen molar-refractivity contribution in [2.45, 2.75) is 39.2 Å². The summed E-state index contributed by atoms with van der Waals surface area (Å²) in [6, 6.07) is 21.2. The maximum Gasteiger partial charge on any atom is 0.222 e. The molecule has 144 valence electrons. The van der Waals surface area contributed by atoms with Gasteiger partial charge in [0.1, 0.15) is 0 Å². The summed E-state index contributed by atoms with van der Waals surface area (Å²) in [5.74, 6) is 1.04. The van der Waals surface area contributed by atoms with Crippen LogP contribution in [0.25, 0.3) is 0 Å². The van der Waals surface area contributed by atoms with Gasteiger partial charge in [0, 0.05) is 26.1 Å². The number of carbonyl (C=O) groups is 1.